The second-order valence-electron chi connectivity index (χ2n) is 3.04. The van der Waals surface area contributed by atoms with Gasteiger partial charge < -0.3 is 5.11 Å². The molecule has 1 aromatic heterocycles. The molecule has 1 aromatic rings. The Bertz CT molecular complexity index is 533. The maximum absolute atomic E-state index is 12.4. The molecule has 0 saturated carbocycles. The van der Waals surface area contributed by atoms with Crippen LogP contribution in [0.5, 0.6) is 0 Å². The molecule has 0 aromatic carbocycles. The second kappa shape index (κ2) is 4.56. The van der Waals surface area contributed by atoms with Crippen LogP contribution >= 0.6 is 0 Å². The average molecular weight is 266 g/mol. The fraction of sp³-hybridized carbons (Fsp3) is 0.222. The molecule has 0 atom stereocenters. The number of carboxylic acids is 1. The minimum absolute atomic E-state index is 0.112. The quantitative estimate of drug-likeness (QED) is 0.835. The summed E-state index contributed by atoms with van der Waals surface area (Å²) in [5.41, 5.74) is -5.60. The molecule has 0 bridgehead atoms. The lowest BCUT2D eigenvalue weighted by atomic mass is 10.1. The number of pyridine rings is 1. The highest BCUT2D eigenvalue weighted by Crippen LogP contribution is 2.35. The normalized spacial score (nSPS) is 11.4. The minimum Gasteiger partial charge on any atom is -0.478 e. The van der Waals surface area contributed by atoms with Crippen LogP contribution in [0.15, 0.2) is 6.07 Å². The van der Waals surface area contributed by atoms with Gasteiger partial charge >= 0.3 is 12.1 Å². The van der Waals surface area contributed by atoms with Crippen LogP contribution in [0.4, 0.5) is 22.0 Å². The molecule has 0 aliphatic carbocycles. The van der Waals surface area contributed by atoms with Crippen LogP contribution in [0.25, 0.3) is 0 Å². The summed E-state index contributed by atoms with van der Waals surface area (Å²) in [5.74, 6) is -1.81. The first-order valence-electron chi connectivity index (χ1n) is 4.22. The number of aromatic nitrogens is 1. The molecule has 96 valence electrons. The van der Waals surface area contributed by atoms with E-state index in [0.29, 0.717) is 0 Å². The van der Waals surface area contributed by atoms with Crippen molar-refractivity contribution in [2.24, 2.45) is 0 Å². The van der Waals surface area contributed by atoms with E-state index in [-0.39, 0.29) is 6.07 Å². The molecule has 0 spiro atoms. The van der Waals surface area contributed by atoms with Gasteiger partial charge in [-0.1, -0.05) is 0 Å². The van der Waals surface area contributed by atoms with Gasteiger partial charge in [-0.3, -0.25) is 0 Å². The molecule has 0 fully saturated rings. The van der Waals surface area contributed by atoms with Gasteiger partial charge in [0.2, 0.25) is 0 Å². The van der Waals surface area contributed by atoms with Crippen LogP contribution in [0.1, 0.15) is 33.7 Å². The number of carboxylic acid groups (broad SMARTS) is 1. The number of halogens is 5. The number of rotatable bonds is 2. The Kier molecular flexibility index (Phi) is 3.50. The Balaban J connectivity index is 3.64. The van der Waals surface area contributed by atoms with Gasteiger partial charge in [-0.05, 0) is 6.07 Å². The van der Waals surface area contributed by atoms with Gasteiger partial charge in [-0.2, -0.15) is 18.4 Å². The summed E-state index contributed by atoms with van der Waals surface area (Å²) in [6, 6.07) is 1.23. The van der Waals surface area contributed by atoms with E-state index in [9.17, 15) is 26.7 Å². The molecule has 0 aliphatic rings. The van der Waals surface area contributed by atoms with E-state index in [1.807, 2.05) is 0 Å². The van der Waals surface area contributed by atoms with Gasteiger partial charge in [0, 0.05) is 5.56 Å². The van der Waals surface area contributed by atoms with Crippen LogP contribution < -0.4 is 0 Å². The zero-order chi connectivity index (χ0) is 14.1. The van der Waals surface area contributed by atoms with E-state index in [1.54, 1.807) is 0 Å². The zero-order valence-corrected chi connectivity index (χ0v) is 8.29. The maximum atomic E-state index is 12.4. The smallest absolute Gasteiger partial charge is 0.433 e. The fourth-order valence-electron chi connectivity index (χ4n) is 1.17. The summed E-state index contributed by atoms with van der Waals surface area (Å²) < 4.78 is 62.1. The molecule has 0 saturated heterocycles. The SMILES string of the molecule is N#Cc1nc(C(F)(F)F)c(C(F)F)cc1C(=O)O. The number of carbonyl (C=O) groups is 1. The van der Waals surface area contributed by atoms with Crippen LogP contribution in [-0.4, -0.2) is 16.1 Å². The Morgan fingerprint density at radius 2 is 2.00 bits per heavy atom. The predicted molar refractivity (Wildman–Crippen MR) is 45.9 cm³/mol. The van der Waals surface area contributed by atoms with Crippen molar-refractivity contribution >= 4 is 5.97 Å². The van der Waals surface area contributed by atoms with Crippen LogP contribution in [0, 0.1) is 11.3 Å². The number of alkyl halides is 5. The number of aromatic carboxylic acids is 1. The zero-order valence-electron chi connectivity index (χ0n) is 8.29. The molecule has 0 amide bonds. The van der Waals surface area contributed by atoms with E-state index in [1.165, 1.54) is 0 Å². The molecule has 1 heterocycles. The lowest BCUT2D eigenvalue weighted by molar-refractivity contribution is -0.143. The first-order chi connectivity index (χ1) is 8.18. The van der Waals surface area contributed by atoms with Crippen LogP contribution in [0.2, 0.25) is 0 Å². The number of nitrogens with zero attached hydrogens (tertiary/aromatic N) is 2. The summed E-state index contributed by atoms with van der Waals surface area (Å²) >= 11 is 0. The lowest BCUT2D eigenvalue weighted by Crippen LogP contribution is -2.16. The Labute approximate surface area is 96.3 Å². The number of hydrogen-bond donors (Lipinski definition) is 1. The van der Waals surface area contributed by atoms with Crippen molar-refractivity contribution in [1.29, 1.82) is 5.26 Å². The van der Waals surface area contributed by atoms with Crippen molar-refractivity contribution in [3.63, 3.8) is 0 Å². The molecule has 0 radical (unpaired) electrons. The van der Waals surface area contributed by atoms with Crippen LogP contribution in [0.3, 0.4) is 0 Å². The molecule has 4 nitrogen and oxygen atoms in total. The maximum Gasteiger partial charge on any atom is 0.433 e. The predicted octanol–water partition coefficient (Wildman–Crippen LogP) is 2.61. The van der Waals surface area contributed by atoms with Crippen molar-refractivity contribution in [2.45, 2.75) is 12.6 Å². The summed E-state index contributed by atoms with van der Waals surface area (Å²) in [6.45, 7) is 0. The van der Waals surface area contributed by atoms with E-state index < -0.39 is 41.1 Å². The first kappa shape index (κ1) is 13.8. The van der Waals surface area contributed by atoms with E-state index in [2.05, 4.69) is 4.98 Å². The molecule has 18 heavy (non-hydrogen) atoms. The monoisotopic (exact) mass is 266 g/mol. The van der Waals surface area contributed by atoms with Gasteiger partial charge in [-0.25, -0.2) is 18.6 Å². The molecule has 9 heteroatoms. The first-order valence-corrected chi connectivity index (χ1v) is 4.22. The largest absolute Gasteiger partial charge is 0.478 e. The second-order valence-corrected chi connectivity index (χ2v) is 3.04. The topological polar surface area (TPSA) is 74.0 Å². The molecular formula is C9H3F5N2O2. The third-order valence-corrected chi connectivity index (χ3v) is 1.89. The van der Waals surface area contributed by atoms with Gasteiger partial charge in [-0.15, -0.1) is 0 Å². The Morgan fingerprint density at radius 3 is 2.33 bits per heavy atom. The lowest BCUT2D eigenvalue weighted by Gasteiger charge is -2.12. The molecule has 1 N–H and O–H groups in total. The van der Waals surface area contributed by atoms with Crippen molar-refractivity contribution < 1.29 is 31.9 Å². The highest BCUT2D eigenvalue weighted by Gasteiger charge is 2.39. The van der Waals surface area contributed by atoms with Gasteiger partial charge in [0.1, 0.15) is 6.07 Å². The van der Waals surface area contributed by atoms with E-state index in [0.717, 1.165) is 6.07 Å². The summed E-state index contributed by atoms with van der Waals surface area (Å²) in [7, 11) is 0. The molecule has 1 rings (SSSR count). The van der Waals surface area contributed by atoms with Gasteiger partial charge in [0.15, 0.2) is 11.4 Å². The van der Waals surface area contributed by atoms with Crippen LogP contribution in [-0.2, 0) is 6.18 Å². The fourth-order valence-corrected chi connectivity index (χ4v) is 1.17. The average Bonchev–Trinajstić information content (AvgIpc) is 2.25. The van der Waals surface area contributed by atoms with Gasteiger partial charge in [0.25, 0.3) is 6.43 Å². The third kappa shape index (κ3) is 2.53. The Hall–Kier alpha value is -2.24. The number of nitriles is 1. The standard InChI is InChI=1S/C9H3F5N2O2/c10-7(11)4-1-3(8(17)18)5(2-15)16-6(4)9(12,13)14/h1,7H,(H,17,18). The summed E-state index contributed by atoms with van der Waals surface area (Å²) in [4.78, 5) is 13.3. The van der Waals surface area contributed by atoms with E-state index >= 15 is 0 Å². The third-order valence-electron chi connectivity index (χ3n) is 1.89. The molecule has 0 aliphatic heterocycles. The minimum atomic E-state index is -5.20. The van der Waals surface area contributed by atoms with Crippen molar-refractivity contribution in [3.05, 3.63) is 28.6 Å². The summed E-state index contributed by atoms with van der Waals surface area (Å²) in [5, 5.41) is 17.0. The highest BCUT2D eigenvalue weighted by molar-refractivity contribution is 5.90. The summed E-state index contributed by atoms with van der Waals surface area (Å²) in [6.07, 6.45) is -8.76. The van der Waals surface area contributed by atoms with Gasteiger partial charge in [0.05, 0.1) is 5.56 Å². The van der Waals surface area contributed by atoms with Crippen molar-refractivity contribution in [1.82, 2.24) is 4.98 Å². The molecular weight excluding hydrogens is 263 g/mol. The molecule has 0 unspecified atom stereocenters. The van der Waals surface area contributed by atoms with E-state index in [4.69, 9.17) is 10.4 Å². The number of hydrogen-bond acceptors (Lipinski definition) is 3. The van der Waals surface area contributed by atoms with Crippen molar-refractivity contribution in [2.75, 3.05) is 0 Å². The Morgan fingerprint density at radius 1 is 1.44 bits per heavy atom. The highest BCUT2D eigenvalue weighted by atomic mass is 19.4. The van der Waals surface area contributed by atoms with Crippen molar-refractivity contribution in [3.8, 4) is 6.07 Å².